The molecule has 2 rings (SSSR count). The molecule has 0 saturated heterocycles. The zero-order chi connectivity index (χ0) is 16.3. The van der Waals surface area contributed by atoms with Crippen molar-refractivity contribution in [3.05, 3.63) is 46.9 Å². The number of nitriles is 1. The SMILES string of the molecule is COc1cc(F)ccc1Oc1nc(C)c(C#N)cc1C(=O)O. The van der Waals surface area contributed by atoms with E-state index in [1.807, 2.05) is 6.07 Å². The van der Waals surface area contributed by atoms with Gasteiger partial charge in [0.05, 0.1) is 18.4 Å². The molecule has 0 aliphatic carbocycles. The van der Waals surface area contributed by atoms with Gasteiger partial charge in [-0.2, -0.15) is 5.26 Å². The number of carboxylic acid groups (broad SMARTS) is 1. The molecule has 1 aromatic carbocycles. The topological polar surface area (TPSA) is 92.4 Å². The number of rotatable bonds is 4. The van der Waals surface area contributed by atoms with Crippen molar-refractivity contribution in [3.8, 4) is 23.4 Å². The third-order valence-electron chi connectivity index (χ3n) is 2.86. The van der Waals surface area contributed by atoms with Gasteiger partial charge >= 0.3 is 5.97 Å². The molecule has 0 amide bonds. The van der Waals surface area contributed by atoms with Crippen molar-refractivity contribution in [3.63, 3.8) is 0 Å². The minimum absolute atomic E-state index is 0.0974. The molecule has 1 heterocycles. The zero-order valence-electron chi connectivity index (χ0n) is 11.8. The van der Waals surface area contributed by atoms with Crippen LogP contribution in [0.5, 0.6) is 17.4 Å². The average molecular weight is 302 g/mol. The molecule has 0 saturated carbocycles. The molecule has 0 aliphatic rings. The number of pyridine rings is 1. The quantitative estimate of drug-likeness (QED) is 0.933. The highest BCUT2D eigenvalue weighted by Crippen LogP contribution is 2.33. The van der Waals surface area contributed by atoms with Gasteiger partial charge in [0.2, 0.25) is 5.88 Å². The Hall–Kier alpha value is -3.14. The van der Waals surface area contributed by atoms with Crippen LogP contribution in [0.3, 0.4) is 0 Å². The summed E-state index contributed by atoms with van der Waals surface area (Å²) in [5.74, 6) is -1.80. The summed E-state index contributed by atoms with van der Waals surface area (Å²) < 4.78 is 23.6. The van der Waals surface area contributed by atoms with Gasteiger partial charge in [-0.1, -0.05) is 0 Å². The number of nitrogens with zero attached hydrogens (tertiary/aromatic N) is 2. The first-order valence-corrected chi connectivity index (χ1v) is 6.12. The van der Waals surface area contributed by atoms with E-state index in [9.17, 15) is 14.3 Å². The van der Waals surface area contributed by atoms with Gasteiger partial charge in [0.25, 0.3) is 0 Å². The van der Waals surface area contributed by atoms with E-state index in [2.05, 4.69) is 4.98 Å². The van der Waals surface area contributed by atoms with Gasteiger partial charge in [-0.25, -0.2) is 14.2 Å². The summed E-state index contributed by atoms with van der Waals surface area (Å²) in [7, 11) is 1.33. The number of halogens is 1. The molecule has 0 fully saturated rings. The predicted octanol–water partition coefficient (Wildman–Crippen LogP) is 2.90. The Morgan fingerprint density at radius 3 is 2.68 bits per heavy atom. The second kappa shape index (κ2) is 6.10. The first kappa shape index (κ1) is 15.3. The van der Waals surface area contributed by atoms with Gasteiger partial charge in [0.15, 0.2) is 11.5 Å². The lowest BCUT2D eigenvalue weighted by molar-refractivity contribution is 0.0693. The highest BCUT2D eigenvalue weighted by atomic mass is 19.1. The number of ether oxygens (including phenoxy) is 2. The van der Waals surface area contributed by atoms with Crippen molar-refractivity contribution in [2.24, 2.45) is 0 Å². The van der Waals surface area contributed by atoms with Crippen LogP contribution >= 0.6 is 0 Å². The Morgan fingerprint density at radius 2 is 2.09 bits per heavy atom. The predicted molar refractivity (Wildman–Crippen MR) is 73.7 cm³/mol. The van der Waals surface area contributed by atoms with Crippen LogP contribution in [-0.4, -0.2) is 23.2 Å². The number of aromatic nitrogens is 1. The molecule has 0 atom stereocenters. The molecule has 2 aromatic rings. The molecular formula is C15H11FN2O4. The van der Waals surface area contributed by atoms with Gasteiger partial charge in [-0.15, -0.1) is 0 Å². The van der Waals surface area contributed by atoms with Crippen molar-refractivity contribution in [1.82, 2.24) is 4.98 Å². The molecule has 22 heavy (non-hydrogen) atoms. The standard InChI is InChI=1S/C15H11FN2O4/c1-8-9(7-17)5-11(15(19)20)14(18-8)22-12-4-3-10(16)6-13(12)21-2/h3-6H,1-2H3,(H,19,20). The first-order chi connectivity index (χ1) is 10.5. The van der Waals surface area contributed by atoms with Crippen LogP contribution in [0.25, 0.3) is 0 Å². The van der Waals surface area contributed by atoms with Crippen molar-refractivity contribution in [1.29, 1.82) is 5.26 Å². The fourth-order valence-electron chi connectivity index (χ4n) is 1.76. The van der Waals surface area contributed by atoms with Gasteiger partial charge in [0, 0.05) is 6.07 Å². The number of benzene rings is 1. The molecule has 6 nitrogen and oxygen atoms in total. The molecule has 0 aliphatic heterocycles. The summed E-state index contributed by atoms with van der Waals surface area (Å²) in [5.41, 5.74) is 0.188. The number of aryl methyl sites for hydroxylation is 1. The maximum absolute atomic E-state index is 13.2. The van der Waals surface area contributed by atoms with Gasteiger partial charge in [-0.3, -0.25) is 0 Å². The Labute approximate surface area is 125 Å². The Morgan fingerprint density at radius 1 is 1.36 bits per heavy atom. The van der Waals surface area contributed by atoms with E-state index in [-0.39, 0.29) is 28.5 Å². The fraction of sp³-hybridized carbons (Fsp3) is 0.133. The Bertz CT molecular complexity index is 784. The van der Waals surface area contributed by atoms with E-state index in [4.69, 9.17) is 14.7 Å². The van der Waals surface area contributed by atoms with E-state index in [1.54, 1.807) is 6.92 Å². The molecule has 1 N–H and O–H groups in total. The monoisotopic (exact) mass is 302 g/mol. The normalized spacial score (nSPS) is 9.91. The Kier molecular flexibility index (Phi) is 4.23. The lowest BCUT2D eigenvalue weighted by Crippen LogP contribution is -2.05. The van der Waals surface area contributed by atoms with E-state index < -0.39 is 11.8 Å². The molecule has 0 radical (unpaired) electrons. The molecule has 112 valence electrons. The summed E-state index contributed by atoms with van der Waals surface area (Å²) in [6.45, 7) is 1.55. The van der Waals surface area contributed by atoms with Crippen molar-refractivity contribution < 1.29 is 23.8 Å². The Balaban J connectivity index is 2.52. The molecule has 0 bridgehead atoms. The van der Waals surface area contributed by atoms with Crippen molar-refractivity contribution in [2.45, 2.75) is 6.92 Å². The maximum Gasteiger partial charge on any atom is 0.341 e. The molecule has 1 aromatic heterocycles. The van der Waals surface area contributed by atoms with Gasteiger partial charge < -0.3 is 14.6 Å². The maximum atomic E-state index is 13.2. The summed E-state index contributed by atoms with van der Waals surface area (Å²) in [6, 6.07) is 6.58. The average Bonchev–Trinajstić information content (AvgIpc) is 2.48. The second-order valence-corrected chi connectivity index (χ2v) is 4.29. The van der Waals surface area contributed by atoms with E-state index in [1.165, 1.54) is 19.2 Å². The van der Waals surface area contributed by atoms with Crippen LogP contribution in [0, 0.1) is 24.1 Å². The van der Waals surface area contributed by atoms with Crippen molar-refractivity contribution >= 4 is 5.97 Å². The van der Waals surface area contributed by atoms with Crippen molar-refractivity contribution in [2.75, 3.05) is 7.11 Å². The molecule has 7 heteroatoms. The van der Waals surface area contributed by atoms with Gasteiger partial charge in [0.1, 0.15) is 17.4 Å². The van der Waals surface area contributed by atoms with E-state index in [0.717, 1.165) is 12.1 Å². The number of carbonyl (C=O) groups is 1. The smallest absolute Gasteiger partial charge is 0.341 e. The van der Waals surface area contributed by atoms with Crippen LogP contribution in [0.2, 0.25) is 0 Å². The second-order valence-electron chi connectivity index (χ2n) is 4.29. The molecule has 0 spiro atoms. The van der Waals surface area contributed by atoms with Crippen LogP contribution < -0.4 is 9.47 Å². The summed E-state index contributed by atoms with van der Waals surface area (Å²) in [5, 5.41) is 18.1. The lowest BCUT2D eigenvalue weighted by Gasteiger charge is -2.12. The molecular weight excluding hydrogens is 291 g/mol. The fourth-order valence-corrected chi connectivity index (χ4v) is 1.76. The van der Waals surface area contributed by atoms with E-state index >= 15 is 0 Å². The van der Waals surface area contributed by atoms with Crippen LogP contribution in [-0.2, 0) is 0 Å². The van der Waals surface area contributed by atoms with E-state index in [0.29, 0.717) is 5.69 Å². The number of hydrogen-bond donors (Lipinski definition) is 1. The number of hydrogen-bond acceptors (Lipinski definition) is 5. The highest BCUT2D eigenvalue weighted by Gasteiger charge is 2.18. The third kappa shape index (κ3) is 2.96. The number of aromatic carboxylic acids is 1. The van der Waals surface area contributed by atoms with Crippen LogP contribution in [0.1, 0.15) is 21.6 Å². The summed E-state index contributed by atoms with van der Waals surface area (Å²) >= 11 is 0. The number of methoxy groups -OCH3 is 1. The van der Waals surface area contributed by atoms with Crippen LogP contribution in [0.15, 0.2) is 24.3 Å². The minimum Gasteiger partial charge on any atom is -0.493 e. The lowest BCUT2D eigenvalue weighted by atomic mass is 10.1. The number of carboxylic acids is 1. The summed E-state index contributed by atoms with van der Waals surface area (Å²) in [6.07, 6.45) is 0. The first-order valence-electron chi connectivity index (χ1n) is 6.12. The highest BCUT2D eigenvalue weighted by molar-refractivity contribution is 5.90. The zero-order valence-corrected chi connectivity index (χ0v) is 11.8. The summed E-state index contributed by atoms with van der Waals surface area (Å²) in [4.78, 5) is 15.3. The van der Waals surface area contributed by atoms with Gasteiger partial charge in [-0.05, 0) is 25.1 Å². The van der Waals surface area contributed by atoms with Crippen LogP contribution in [0.4, 0.5) is 4.39 Å². The third-order valence-corrected chi connectivity index (χ3v) is 2.86. The largest absolute Gasteiger partial charge is 0.493 e. The molecule has 0 unspecified atom stereocenters. The minimum atomic E-state index is -1.29.